The summed E-state index contributed by atoms with van der Waals surface area (Å²) in [5, 5.41) is 7.50. The minimum Gasteiger partial charge on any atom is -0.335 e. The Morgan fingerprint density at radius 3 is 2.51 bits per heavy atom. The molecule has 0 aliphatic carbocycles. The third-order valence-electron chi connectivity index (χ3n) is 6.42. The Morgan fingerprint density at radius 1 is 0.902 bits per heavy atom. The monoisotopic (exact) mass is 571 g/mol. The van der Waals surface area contributed by atoms with E-state index < -0.39 is 15.8 Å². The van der Waals surface area contributed by atoms with Crippen LogP contribution >= 0.6 is 0 Å². The van der Waals surface area contributed by atoms with Crippen LogP contribution in [0.4, 0.5) is 4.39 Å². The third-order valence-corrected chi connectivity index (χ3v) is 7.09. The molecule has 41 heavy (non-hydrogen) atoms. The summed E-state index contributed by atoms with van der Waals surface area (Å²) in [6.45, 7) is 0.718. The van der Waals surface area contributed by atoms with Crippen LogP contribution in [0.5, 0.6) is 0 Å². The first-order valence-corrected chi connectivity index (χ1v) is 14.5. The van der Waals surface area contributed by atoms with Gasteiger partial charge in [0.2, 0.25) is 10.0 Å². The largest absolute Gasteiger partial charge is 0.335 e. The Balaban J connectivity index is 1.40. The zero-order valence-corrected chi connectivity index (χ0v) is 23.3. The second kappa shape index (κ2) is 10.4. The highest BCUT2D eigenvalue weighted by Crippen LogP contribution is 2.32. The van der Waals surface area contributed by atoms with E-state index in [1.165, 1.54) is 12.1 Å². The van der Waals surface area contributed by atoms with Crippen molar-refractivity contribution >= 4 is 32.1 Å². The molecule has 0 saturated carbocycles. The van der Waals surface area contributed by atoms with Gasteiger partial charge in [0, 0.05) is 42.8 Å². The second-order valence-electron chi connectivity index (χ2n) is 10.1. The zero-order chi connectivity index (χ0) is 28.7. The first-order chi connectivity index (χ1) is 19.6. The fourth-order valence-corrected chi connectivity index (χ4v) is 5.11. The van der Waals surface area contributed by atoms with Crippen LogP contribution in [0.2, 0.25) is 0 Å². The number of aromatic nitrogens is 7. The predicted molar refractivity (Wildman–Crippen MR) is 154 cm³/mol. The van der Waals surface area contributed by atoms with E-state index in [0.29, 0.717) is 44.8 Å². The average Bonchev–Trinajstić information content (AvgIpc) is 3.54. The highest BCUT2D eigenvalue weighted by molar-refractivity contribution is 7.88. The van der Waals surface area contributed by atoms with E-state index in [-0.39, 0.29) is 6.54 Å². The molecule has 0 atom stereocenters. The molecule has 3 N–H and O–H groups in total. The number of sulfonamides is 1. The number of aromatic amines is 2. The molecule has 11 nitrogen and oxygen atoms in total. The van der Waals surface area contributed by atoms with E-state index in [0.717, 1.165) is 35.1 Å². The van der Waals surface area contributed by atoms with Gasteiger partial charge in [0.1, 0.15) is 11.3 Å². The summed E-state index contributed by atoms with van der Waals surface area (Å²) in [6, 6.07) is 10.3. The molecule has 0 amide bonds. The number of fused-ring (bicyclic) bond motifs is 2. The van der Waals surface area contributed by atoms with Crippen molar-refractivity contribution in [3.05, 3.63) is 78.1 Å². The molecule has 6 rings (SSSR count). The van der Waals surface area contributed by atoms with Gasteiger partial charge < -0.3 is 9.88 Å². The summed E-state index contributed by atoms with van der Waals surface area (Å²) in [4.78, 5) is 23.7. The lowest BCUT2D eigenvalue weighted by atomic mass is 10.0. The van der Waals surface area contributed by atoms with Crippen LogP contribution < -0.4 is 4.72 Å². The average molecular weight is 572 g/mol. The van der Waals surface area contributed by atoms with Gasteiger partial charge in [-0.25, -0.2) is 27.5 Å². The number of H-pyrrole nitrogens is 2. The van der Waals surface area contributed by atoms with Gasteiger partial charge in [-0.15, -0.1) is 0 Å². The van der Waals surface area contributed by atoms with Crippen molar-refractivity contribution in [2.45, 2.75) is 13.1 Å². The van der Waals surface area contributed by atoms with E-state index in [1.54, 1.807) is 24.7 Å². The molecule has 0 fully saturated rings. The van der Waals surface area contributed by atoms with Crippen molar-refractivity contribution < 1.29 is 12.8 Å². The zero-order valence-electron chi connectivity index (χ0n) is 22.5. The molecule has 0 aliphatic rings. The molecular formula is C28H26FN9O2S. The number of halogens is 1. The molecular weight excluding hydrogens is 545 g/mol. The standard InChI is InChI=1S/C28H26FN9O2S/c1-38(2)15-17-7-19(12-30-10-17)22-4-5-23-26(33-22)27(37-36-23)28-34-24-14-31-13-21(25(24)35-28)18-6-16(8-20(29)9-18)11-32-41(3,39)40/h4-10,12-14,32H,11,15H2,1-3H3,(H,34,35)(H,36,37). The van der Waals surface area contributed by atoms with Crippen molar-refractivity contribution in [1.82, 2.24) is 44.7 Å². The van der Waals surface area contributed by atoms with Crippen molar-refractivity contribution in [3.8, 4) is 33.9 Å². The van der Waals surface area contributed by atoms with Crippen LogP contribution in [0.15, 0.2) is 61.2 Å². The summed E-state index contributed by atoms with van der Waals surface area (Å²) < 4.78 is 40.0. The molecule has 0 radical (unpaired) electrons. The summed E-state index contributed by atoms with van der Waals surface area (Å²) in [6.07, 6.45) is 7.91. The van der Waals surface area contributed by atoms with E-state index in [2.05, 4.69) is 40.8 Å². The molecule has 1 aromatic carbocycles. The normalized spacial score (nSPS) is 12.1. The molecule has 0 saturated heterocycles. The lowest BCUT2D eigenvalue weighted by Crippen LogP contribution is -2.21. The van der Waals surface area contributed by atoms with Crippen molar-refractivity contribution in [2.24, 2.45) is 0 Å². The summed E-state index contributed by atoms with van der Waals surface area (Å²) in [5.41, 5.74) is 7.39. The van der Waals surface area contributed by atoms with E-state index >= 15 is 0 Å². The Bertz CT molecular complexity index is 2020. The molecule has 0 bridgehead atoms. The van der Waals surface area contributed by atoms with Crippen molar-refractivity contribution in [2.75, 3.05) is 20.4 Å². The van der Waals surface area contributed by atoms with Gasteiger partial charge in [0.25, 0.3) is 0 Å². The van der Waals surface area contributed by atoms with Crippen LogP contribution in [0, 0.1) is 5.82 Å². The molecule has 13 heteroatoms. The van der Waals surface area contributed by atoms with Crippen LogP contribution in [-0.4, -0.2) is 68.8 Å². The number of hydrogen-bond donors (Lipinski definition) is 3. The van der Waals surface area contributed by atoms with Crippen LogP contribution in [0.25, 0.3) is 56.0 Å². The SMILES string of the molecule is CN(C)Cc1cncc(-c2ccc3[nH]nc(-c4nc5c(-c6cc(F)cc(CNS(C)(=O)=O)c6)cncc5[nH]4)c3n2)c1. The first kappa shape index (κ1) is 26.6. The minimum atomic E-state index is -3.44. The Hall–Kier alpha value is -4.59. The highest BCUT2D eigenvalue weighted by Gasteiger charge is 2.18. The van der Waals surface area contributed by atoms with Gasteiger partial charge in [-0.1, -0.05) is 0 Å². The molecule has 0 unspecified atom stereocenters. The van der Waals surface area contributed by atoms with E-state index in [1.807, 2.05) is 32.4 Å². The van der Waals surface area contributed by atoms with Crippen LogP contribution in [-0.2, 0) is 23.1 Å². The van der Waals surface area contributed by atoms with Crippen molar-refractivity contribution in [3.63, 3.8) is 0 Å². The van der Waals surface area contributed by atoms with Gasteiger partial charge in [-0.3, -0.25) is 15.1 Å². The number of imidazole rings is 1. The number of pyridine rings is 3. The maximum absolute atomic E-state index is 14.5. The van der Waals surface area contributed by atoms with E-state index in [9.17, 15) is 12.8 Å². The Labute approximate surface area is 235 Å². The smallest absolute Gasteiger partial charge is 0.209 e. The fourth-order valence-electron chi connectivity index (χ4n) is 4.68. The van der Waals surface area contributed by atoms with Gasteiger partial charge in [-0.05, 0) is 67.2 Å². The van der Waals surface area contributed by atoms with Gasteiger partial charge in [0.15, 0.2) is 11.5 Å². The van der Waals surface area contributed by atoms with Gasteiger partial charge in [0.05, 0.1) is 34.7 Å². The maximum Gasteiger partial charge on any atom is 0.209 e. The number of nitrogens with one attached hydrogen (secondary N) is 3. The van der Waals surface area contributed by atoms with Gasteiger partial charge >= 0.3 is 0 Å². The Kier molecular flexibility index (Phi) is 6.77. The molecule has 5 heterocycles. The molecule has 6 aromatic rings. The molecule has 0 spiro atoms. The number of nitrogens with zero attached hydrogens (tertiary/aromatic N) is 6. The number of rotatable bonds is 8. The topological polar surface area (TPSA) is 145 Å². The highest BCUT2D eigenvalue weighted by atomic mass is 32.2. The minimum absolute atomic E-state index is 0.0420. The number of hydrogen-bond acceptors (Lipinski definition) is 8. The Morgan fingerprint density at radius 2 is 1.71 bits per heavy atom. The lowest BCUT2D eigenvalue weighted by Gasteiger charge is -2.10. The quantitative estimate of drug-likeness (QED) is 0.250. The molecule has 208 valence electrons. The second-order valence-corrected chi connectivity index (χ2v) is 11.9. The molecule has 0 aliphatic heterocycles. The molecule has 5 aromatic heterocycles. The van der Waals surface area contributed by atoms with Crippen LogP contribution in [0.3, 0.4) is 0 Å². The van der Waals surface area contributed by atoms with E-state index in [4.69, 9.17) is 9.97 Å². The fraction of sp³-hybridized carbons (Fsp3) is 0.179. The summed E-state index contributed by atoms with van der Waals surface area (Å²) >= 11 is 0. The van der Waals surface area contributed by atoms with Crippen LogP contribution in [0.1, 0.15) is 11.1 Å². The number of benzene rings is 1. The maximum atomic E-state index is 14.5. The van der Waals surface area contributed by atoms with Crippen molar-refractivity contribution in [1.29, 1.82) is 0 Å². The summed E-state index contributed by atoms with van der Waals surface area (Å²) in [7, 11) is 0.574. The lowest BCUT2D eigenvalue weighted by molar-refractivity contribution is 0.402. The first-order valence-electron chi connectivity index (χ1n) is 12.7. The van der Waals surface area contributed by atoms with Gasteiger partial charge in [-0.2, -0.15) is 5.10 Å². The third kappa shape index (κ3) is 5.68. The predicted octanol–water partition coefficient (Wildman–Crippen LogP) is 3.88. The summed E-state index contributed by atoms with van der Waals surface area (Å²) in [5.74, 6) is -0.0280.